The predicted octanol–water partition coefficient (Wildman–Crippen LogP) is -1.21. The van der Waals surface area contributed by atoms with Gasteiger partial charge in [-0.25, -0.2) is 13.1 Å². The lowest BCUT2D eigenvalue weighted by Crippen LogP contribution is -2.47. The van der Waals surface area contributed by atoms with Crippen LogP contribution in [0.1, 0.15) is 19.3 Å². The van der Waals surface area contributed by atoms with E-state index >= 15 is 0 Å². The maximum atomic E-state index is 11.6. The molecule has 112 valence electrons. The SMILES string of the molecule is COCC(N)C(=O)NCC1CCCC1NS(C)(=O)=O. The van der Waals surface area contributed by atoms with Gasteiger partial charge in [-0.05, 0) is 18.8 Å². The van der Waals surface area contributed by atoms with Crippen molar-refractivity contribution in [1.29, 1.82) is 0 Å². The molecular formula is C11H23N3O4S. The second-order valence-electron chi connectivity index (χ2n) is 4.99. The maximum Gasteiger partial charge on any atom is 0.239 e. The number of carbonyl (C=O) groups excluding carboxylic acids is 1. The van der Waals surface area contributed by atoms with Gasteiger partial charge in [0.2, 0.25) is 15.9 Å². The Labute approximate surface area is 114 Å². The van der Waals surface area contributed by atoms with Gasteiger partial charge < -0.3 is 15.8 Å². The van der Waals surface area contributed by atoms with Gasteiger partial charge in [0.25, 0.3) is 0 Å². The molecule has 0 aliphatic heterocycles. The third-order valence-electron chi connectivity index (χ3n) is 3.25. The monoisotopic (exact) mass is 293 g/mol. The van der Waals surface area contributed by atoms with E-state index in [1.165, 1.54) is 7.11 Å². The minimum Gasteiger partial charge on any atom is -0.383 e. The van der Waals surface area contributed by atoms with Crippen LogP contribution in [0.4, 0.5) is 0 Å². The smallest absolute Gasteiger partial charge is 0.239 e. The first-order valence-electron chi connectivity index (χ1n) is 6.33. The van der Waals surface area contributed by atoms with Crippen LogP contribution in [0.15, 0.2) is 0 Å². The Hall–Kier alpha value is -0.700. The summed E-state index contributed by atoms with van der Waals surface area (Å²) in [6.45, 7) is 0.602. The molecule has 0 aromatic heterocycles. The molecule has 0 saturated heterocycles. The molecule has 7 nitrogen and oxygen atoms in total. The standard InChI is InChI=1S/C11H23N3O4S/c1-18-7-9(12)11(15)13-6-8-4-3-5-10(8)14-19(2,16)17/h8-10,14H,3-7,12H2,1-2H3,(H,13,15). The zero-order valence-corrected chi connectivity index (χ0v) is 12.2. The molecule has 4 N–H and O–H groups in total. The fourth-order valence-electron chi connectivity index (χ4n) is 2.33. The van der Waals surface area contributed by atoms with E-state index in [0.29, 0.717) is 6.54 Å². The summed E-state index contributed by atoms with van der Waals surface area (Å²) in [6.07, 6.45) is 3.80. The van der Waals surface area contributed by atoms with Crippen LogP contribution in [0.5, 0.6) is 0 Å². The molecule has 3 unspecified atom stereocenters. The van der Waals surface area contributed by atoms with Crippen molar-refractivity contribution in [3.05, 3.63) is 0 Å². The lowest BCUT2D eigenvalue weighted by atomic mass is 10.0. The van der Waals surface area contributed by atoms with Gasteiger partial charge in [-0.2, -0.15) is 0 Å². The summed E-state index contributed by atoms with van der Waals surface area (Å²) in [5.74, 6) is -0.153. The van der Waals surface area contributed by atoms with Crippen LogP contribution in [-0.2, 0) is 19.6 Å². The number of carbonyl (C=O) groups is 1. The first-order valence-corrected chi connectivity index (χ1v) is 8.22. The van der Waals surface area contributed by atoms with Crippen molar-refractivity contribution in [2.45, 2.75) is 31.3 Å². The number of hydrogen-bond donors (Lipinski definition) is 3. The quantitative estimate of drug-likeness (QED) is 0.546. The maximum absolute atomic E-state index is 11.6. The highest BCUT2D eigenvalue weighted by molar-refractivity contribution is 7.88. The Morgan fingerprint density at radius 3 is 2.74 bits per heavy atom. The fraction of sp³-hybridized carbons (Fsp3) is 0.909. The van der Waals surface area contributed by atoms with Crippen molar-refractivity contribution in [2.75, 3.05) is 26.5 Å². The Bertz CT molecular complexity index is 399. The van der Waals surface area contributed by atoms with E-state index in [0.717, 1.165) is 25.5 Å². The number of rotatable bonds is 7. The highest BCUT2D eigenvalue weighted by atomic mass is 32.2. The molecule has 8 heteroatoms. The van der Waals surface area contributed by atoms with E-state index < -0.39 is 16.1 Å². The summed E-state index contributed by atoms with van der Waals surface area (Å²) >= 11 is 0. The van der Waals surface area contributed by atoms with Crippen molar-refractivity contribution < 1.29 is 17.9 Å². The second-order valence-corrected chi connectivity index (χ2v) is 6.77. The average molecular weight is 293 g/mol. The highest BCUT2D eigenvalue weighted by Gasteiger charge is 2.29. The minimum atomic E-state index is -3.21. The van der Waals surface area contributed by atoms with Gasteiger partial charge in [0.05, 0.1) is 12.9 Å². The predicted molar refractivity (Wildman–Crippen MR) is 72.0 cm³/mol. The number of nitrogens with two attached hydrogens (primary N) is 1. The van der Waals surface area contributed by atoms with E-state index in [1.807, 2.05) is 0 Å². The van der Waals surface area contributed by atoms with Crippen LogP contribution in [0.2, 0.25) is 0 Å². The van der Waals surface area contributed by atoms with Gasteiger partial charge in [0.15, 0.2) is 0 Å². The molecular weight excluding hydrogens is 270 g/mol. The first-order chi connectivity index (χ1) is 8.83. The van der Waals surface area contributed by atoms with Gasteiger partial charge in [0, 0.05) is 19.7 Å². The normalized spacial score (nSPS) is 25.2. The van der Waals surface area contributed by atoms with E-state index in [4.69, 9.17) is 10.5 Å². The van der Waals surface area contributed by atoms with Gasteiger partial charge in [-0.3, -0.25) is 4.79 Å². The Kier molecular flexibility index (Phi) is 6.18. The molecule has 19 heavy (non-hydrogen) atoms. The molecule has 0 bridgehead atoms. The summed E-state index contributed by atoms with van der Waals surface area (Å²) in [5.41, 5.74) is 5.60. The number of sulfonamides is 1. The van der Waals surface area contributed by atoms with Crippen molar-refractivity contribution in [3.63, 3.8) is 0 Å². The second kappa shape index (κ2) is 7.18. The summed E-state index contributed by atoms with van der Waals surface area (Å²) in [7, 11) is -1.73. The lowest BCUT2D eigenvalue weighted by molar-refractivity contribution is -0.123. The first kappa shape index (κ1) is 16.4. The summed E-state index contributed by atoms with van der Waals surface area (Å²) in [5, 5.41) is 2.75. The van der Waals surface area contributed by atoms with E-state index in [1.54, 1.807) is 0 Å². The highest BCUT2D eigenvalue weighted by Crippen LogP contribution is 2.25. The summed E-state index contributed by atoms with van der Waals surface area (Å²) in [4.78, 5) is 11.6. The van der Waals surface area contributed by atoms with Crippen LogP contribution < -0.4 is 15.8 Å². The van der Waals surface area contributed by atoms with Crippen molar-refractivity contribution in [1.82, 2.24) is 10.0 Å². The number of ether oxygens (including phenoxy) is 1. The molecule has 1 saturated carbocycles. The summed E-state index contributed by atoms with van der Waals surface area (Å²) in [6, 6.07) is -0.790. The molecule has 0 heterocycles. The summed E-state index contributed by atoms with van der Waals surface area (Å²) < 4.78 is 29.9. The van der Waals surface area contributed by atoms with E-state index in [-0.39, 0.29) is 24.5 Å². The number of methoxy groups -OCH3 is 1. The molecule has 1 amide bonds. The van der Waals surface area contributed by atoms with Crippen molar-refractivity contribution in [3.8, 4) is 0 Å². The molecule has 0 aromatic carbocycles. The number of amides is 1. The van der Waals surface area contributed by atoms with Crippen LogP contribution >= 0.6 is 0 Å². The molecule has 1 fully saturated rings. The number of nitrogens with one attached hydrogen (secondary N) is 2. The molecule has 1 aliphatic carbocycles. The van der Waals surface area contributed by atoms with Gasteiger partial charge in [-0.1, -0.05) is 6.42 Å². The van der Waals surface area contributed by atoms with Crippen LogP contribution in [0.25, 0.3) is 0 Å². The number of hydrogen-bond acceptors (Lipinski definition) is 5. The molecule has 1 rings (SSSR count). The Morgan fingerprint density at radius 1 is 1.47 bits per heavy atom. The zero-order valence-electron chi connectivity index (χ0n) is 11.4. The molecule has 3 atom stereocenters. The fourth-order valence-corrected chi connectivity index (χ4v) is 3.19. The van der Waals surface area contributed by atoms with Crippen LogP contribution in [-0.4, -0.2) is 52.9 Å². The van der Waals surface area contributed by atoms with Crippen molar-refractivity contribution in [2.24, 2.45) is 11.7 Å². The topological polar surface area (TPSA) is 111 Å². The third-order valence-corrected chi connectivity index (χ3v) is 3.98. The Balaban J connectivity index is 2.41. The van der Waals surface area contributed by atoms with Crippen LogP contribution in [0, 0.1) is 5.92 Å². The van der Waals surface area contributed by atoms with E-state index in [2.05, 4.69) is 10.0 Å². The van der Waals surface area contributed by atoms with Gasteiger partial charge >= 0.3 is 0 Å². The molecule has 1 aliphatic rings. The lowest BCUT2D eigenvalue weighted by Gasteiger charge is -2.21. The van der Waals surface area contributed by atoms with Gasteiger partial charge in [-0.15, -0.1) is 0 Å². The largest absolute Gasteiger partial charge is 0.383 e. The van der Waals surface area contributed by atoms with Gasteiger partial charge in [0.1, 0.15) is 6.04 Å². The zero-order chi connectivity index (χ0) is 14.5. The van der Waals surface area contributed by atoms with Crippen molar-refractivity contribution >= 4 is 15.9 Å². The average Bonchev–Trinajstić information content (AvgIpc) is 2.71. The van der Waals surface area contributed by atoms with Crippen LogP contribution in [0.3, 0.4) is 0 Å². The molecule has 0 spiro atoms. The third kappa shape index (κ3) is 5.85. The van der Waals surface area contributed by atoms with E-state index in [9.17, 15) is 13.2 Å². The minimum absolute atomic E-state index is 0.103. The Morgan fingerprint density at radius 2 is 2.16 bits per heavy atom. The molecule has 0 aromatic rings. The molecule has 0 radical (unpaired) electrons.